The van der Waals surface area contributed by atoms with E-state index >= 15 is 0 Å². The fraction of sp³-hybridized carbons (Fsp3) is 0.435. The molecule has 2 aromatic rings. The summed E-state index contributed by atoms with van der Waals surface area (Å²) < 4.78 is 37.9. The maximum atomic E-state index is 13.1. The van der Waals surface area contributed by atoms with Gasteiger partial charge in [-0.25, -0.2) is 8.42 Å². The number of amides is 1. The van der Waals surface area contributed by atoms with Crippen LogP contribution in [0.3, 0.4) is 0 Å². The molecule has 2 aromatic carbocycles. The minimum absolute atomic E-state index is 0.0632. The van der Waals surface area contributed by atoms with Gasteiger partial charge in [0, 0.05) is 38.4 Å². The number of nitrogens with one attached hydrogen (secondary N) is 1. The molecule has 3 rings (SSSR count). The highest BCUT2D eigenvalue weighted by atomic mass is 32.2. The second-order valence-corrected chi connectivity index (χ2v) is 9.43. The first-order valence-corrected chi connectivity index (χ1v) is 12.2. The number of benzene rings is 2. The molecule has 9 heteroatoms. The van der Waals surface area contributed by atoms with Crippen LogP contribution in [-0.4, -0.2) is 70.0 Å². The molecule has 1 aliphatic heterocycles. The lowest BCUT2D eigenvalue weighted by molar-refractivity contribution is 0.0342. The molecule has 1 aliphatic rings. The van der Waals surface area contributed by atoms with Crippen molar-refractivity contribution in [1.29, 1.82) is 0 Å². The van der Waals surface area contributed by atoms with E-state index in [9.17, 15) is 13.2 Å². The van der Waals surface area contributed by atoms with Gasteiger partial charge < -0.3 is 14.8 Å². The van der Waals surface area contributed by atoms with E-state index in [1.165, 1.54) is 29.6 Å². The van der Waals surface area contributed by atoms with E-state index in [0.717, 1.165) is 38.4 Å². The number of methoxy groups -OCH3 is 1. The number of morpholine rings is 1. The third kappa shape index (κ3) is 5.66. The number of nitrogens with zero attached hydrogens (tertiary/aromatic N) is 2. The molecule has 0 spiro atoms. The standard InChI is InChI=1S/C23H31N3O5S/c1-4-26(5-2)32(28,29)20-9-10-22(30-3)21(16-20)23(27)24-19-8-6-7-18(15-19)17-25-11-13-31-14-12-25/h6-10,15-16H,4-5,11-14,17H2,1-3H3,(H,24,27). The van der Waals surface area contributed by atoms with Gasteiger partial charge in [0.25, 0.3) is 5.91 Å². The fourth-order valence-corrected chi connectivity index (χ4v) is 5.19. The Balaban J connectivity index is 1.82. The van der Waals surface area contributed by atoms with Crippen molar-refractivity contribution in [1.82, 2.24) is 9.21 Å². The number of anilines is 1. The van der Waals surface area contributed by atoms with Crippen LogP contribution in [0.1, 0.15) is 29.8 Å². The Morgan fingerprint density at radius 2 is 1.84 bits per heavy atom. The van der Waals surface area contributed by atoms with Crippen LogP contribution in [0.5, 0.6) is 5.75 Å². The Kier molecular flexibility index (Phi) is 8.25. The van der Waals surface area contributed by atoms with Crippen LogP contribution in [0.15, 0.2) is 47.4 Å². The topological polar surface area (TPSA) is 88.2 Å². The molecular weight excluding hydrogens is 430 g/mol. The predicted octanol–water partition coefficient (Wildman–Crippen LogP) is 2.81. The summed E-state index contributed by atoms with van der Waals surface area (Å²) in [5, 5.41) is 2.88. The van der Waals surface area contributed by atoms with Crippen LogP contribution in [0.2, 0.25) is 0 Å². The maximum absolute atomic E-state index is 13.1. The van der Waals surface area contributed by atoms with E-state index in [1.807, 2.05) is 24.3 Å². The van der Waals surface area contributed by atoms with Gasteiger partial charge in [-0.2, -0.15) is 4.31 Å². The maximum Gasteiger partial charge on any atom is 0.259 e. The molecule has 1 saturated heterocycles. The SMILES string of the molecule is CCN(CC)S(=O)(=O)c1ccc(OC)c(C(=O)Nc2cccc(CN3CCOCC3)c2)c1. The minimum Gasteiger partial charge on any atom is -0.496 e. The molecule has 0 saturated carbocycles. The van der Waals surface area contributed by atoms with Crippen LogP contribution in [-0.2, 0) is 21.3 Å². The number of hydrogen-bond donors (Lipinski definition) is 1. The van der Waals surface area contributed by atoms with Crippen molar-refractivity contribution in [3.05, 3.63) is 53.6 Å². The molecule has 0 atom stereocenters. The third-order valence-electron chi connectivity index (χ3n) is 5.45. The Labute approximate surface area is 190 Å². The zero-order valence-electron chi connectivity index (χ0n) is 18.8. The van der Waals surface area contributed by atoms with Gasteiger partial charge in [-0.3, -0.25) is 9.69 Å². The van der Waals surface area contributed by atoms with E-state index in [1.54, 1.807) is 13.8 Å². The Morgan fingerprint density at radius 1 is 1.12 bits per heavy atom. The summed E-state index contributed by atoms with van der Waals surface area (Å²) in [5.41, 5.74) is 1.88. The molecule has 1 heterocycles. The van der Waals surface area contributed by atoms with E-state index in [-0.39, 0.29) is 10.5 Å². The Bertz CT molecular complexity index is 1030. The summed E-state index contributed by atoms with van der Waals surface area (Å²) in [6.45, 7) is 8.23. The van der Waals surface area contributed by atoms with Gasteiger partial charge >= 0.3 is 0 Å². The second kappa shape index (κ2) is 10.9. The predicted molar refractivity (Wildman–Crippen MR) is 124 cm³/mol. The highest BCUT2D eigenvalue weighted by Gasteiger charge is 2.24. The molecular formula is C23H31N3O5S. The molecule has 8 nitrogen and oxygen atoms in total. The first kappa shape index (κ1) is 24.2. The lowest BCUT2D eigenvalue weighted by Crippen LogP contribution is -2.35. The first-order chi connectivity index (χ1) is 15.4. The molecule has 0 aromatic heterocycles. The van der Waals surface area contributed by atoms with Crippen molar-refractivity contribution in [3.8, 4) is 5.75 Å². The van der Waals surface area contributed by atoms with Crippen molar-refractivity contribution < 1.29 is 22.7 Å². The number of carbonyl (C=O) groups excluding carboxylic acids is 1. The molecule has 0 aliphatic carbocycles. The summed E-state index contributed by atoms with van der Waals surface area (Å²) in [7, 11) is -2.24. The van der Waals surface area contributed by atoms with Gasteiger partial charge in [0.2, 0.25) is 10.0 Å². The van der Waals surface area contributed by atoms with E-state index < -0.39 is 15.9 Å². The van der Waals surface area contributed by atoms with Gasteiger partial charge in [0.15, 0.2) is 0 Å². The van der Waals surface area contributed by atoms with Crippen molar-refractivity contribution in [2.45, 2.75) is 25.3 Å². The van der Waals surface area contributed by atoms with Gasteiger partial charge in [-0.05, 0) is 35.9 Å². The normalized spacial score (nSPS) is 15.0. The Hall–Kier alpha value is -2.46. The van der Waals surface area contributed by atoms with E-state index in [2.05, 4.69) is 10.2 Å². The van der Waals surface area contributed by atoms with Gasteiger partial charge in [0.1, 0.15) is 5.75 Å². The number of sulfonamides is 1. The zero-order valence-corrected chi connectivity index (χ0v) is 19.7. The first-order valence-electron chi connectivity index (χ1n) is 10.8. The smallest absolute Gasteiger partial charge is 0.259 e. The average molecular weight is 462 g/mol. The van der Waals surface area contributed by atoms with Crippen molar-refractivity contribution in [3.63, 3.8) is 0 Å². The number of carbonyl (C=O) groups is 1. The molecule has 0 bridgehead atoms. The van der Waals surface area contributed by atoms with Crippen molar-refractivity contribution >= 4 is 21.6 Å². The average Bonchev–Trinajstić information content (AvgIpc) is 2.80. The molecule has 1 N–H and O–H groups in total. The molecule has 0 unspecified atom stereocenters. The highest BCUT2D eigenvalue weighted by Crippen LogP contribution is 2.26. The number of ether oxygens (including phenoxy) is 2. The fourth-order valence-electron chi connectivity index (χ4n) is 3.70. The van der Waals surface area contributed by atoms with Gasteiger partial charge in [-0.15, -0.1) is 0 Å². The van der Waals surface area contributed by atoms with Crippen molar-refractivity contribution in [2.24, 2.45) is 0 Å². The molecule has 32 heavy (non-hydrogen) atoms. The lowest BCUT2D eigenvalue weighted by Gasteiger charge is -2.26. The van der Waals surface area contributed by atoms with Gasteiger partial charge in [0.05, 0.1) is 30.8 Å². The Morgan fingerprint density at radius 3 is 2.50 bits per heavy atom. The zero-order chi connectivity index (χ0) is 23.1. The minimum atomic E-state index is -3.70. The van der Waals surface area contributed by atoms with Gasteiger partial charge in [-0.1, -0.05) is 26.0 Å². The summed E-state index contributed by atoms with van der Waals surface area (Å²) >= 11 is 0. The van der Waals surface area contributed by atoms with Crippen LogP contribution in [0.4, 0.5) is 5.69 Å². The third-order valence-corrected chi connectivity index (χ3v) is 7.50. The van der Waals surface area contributed by atoms with E-state index in [4.69, 9.17) is 9.47 Å². The van der Waals surface area contributed by atoms with Crippen LogP contribution in [0.25, 0.3) is 0 Å². The number of hydrogen-bond acceptors (Lipinski definition) is 6. The van der Waals surface area contributed by atoms with Crippen molar-refractivity contribution in [2.75, 3.05) is 51.8 Å². The quantitative estimate of drug-likeness (QED) is 0.618. The molecule has 174 valence electrons. The van der Waals surface area contributed by atoms with E-state index in [0.29, 0.717) is 24.5 Å². The summed E-state index contributed by atoms with van der Waals surface area (Å²) in [4.78, 5) is 15.4. The summed E-state index contributed by atoms with van der Waals surface area (Å²) in [6.07, 6.45) is 0. The monoisotopic (exact) mass is 461 g/mol. The van der Waals surface area contributed by atoms with Crippen LogP contribution >= 0.6 is 0 Å². The van der Waals surface area contributed by atoms with Crippen LogP contribution in [0, 0.1) is 0 Å². The largest absolute Gasteiger partial charge is 0.496 e. The molecule has 1 amide bonds. The summed E-state index contributed by atoms with van der Waals surface area (Å²) in [5.74, 6) is -0.118. The molecule has 0 radical (unpaired) electrons. The number of rotatable bonds is 9. The summed E-state index contributed by atoms with van der Waals surface area (Å²) in [6, 6.07) is 12.0. The molecule has 1 fully saturated rings. The van der Waals surface area contributed by atoms with Crippen LogP contribution < -0.4 is 10.1 Å². The highest BCUT2D eigenvalue weighted by molar-refractivity contribution is 7.89. The lowest BCUT2D eigenvalue weighted by atomic mass is 10.1. The second-order valence-electron chi connectivity index (χ2n) is 7.49.